The van der Waals surface area contributed by atoms with Crippen molar-refractivity contribution in [2.45, 2.75) is 31.3 Å². The lowest BCUT2D eigenvalue weighted by atomic mass is 10.2. The topological polar surface area (TPSA) is 114 Å². The fourth-order valence-corrected chi connectivity index (χ4v) is 2.33. The van der Waals surface area contributed by atoms with Crippen molar-refractivity contribution < 1.29 is 22.7 Å². The molecule has 8 nitrogen and oxygen atoms in total. The van der Waals surface area contributed by atoms with Gasteiger partial charge in [-0.3, -0.25) is 4.79 Å². The minimum Gasteiger partial charge on any atom is -0.450 e. The molecule has 0 saturated heterocycles. The van der Waals surface area contributed by atoms with Crippen LogP contribution in [0.4, 0.5) is 4.79 Å². The number of sulfonamides is 1. The summed E-state index contributed by atoms with van der Waals surface area (Å²) in [5.74, 6) is -0.493. The fraction of sp³-hybridized carbons (Fsp3) is 0.462. The van der Waals surface area contributed by atoms with Crippen LogP contribution in [0, 0.1) is 0 Å². The zero-order valence-electron chi connectivity index (χ0n) is 12.4. The Morgan fingerprint density at radius 2 is 2.09 bits per heavy atom. The molecular formula is C13H19N3O5S. The van der Waals surface area contributed by atoms with Crippen molar-refractivity contribution in [3.8, 4) is 0 Å². The number of Topliss-reactive ketones (excluding diaryl/α,β-unsaturated/α-hetero) is 1. The molecular weight excluding hydrogens is 310 g/mol. The molecule has 0 aliphatic carbocycles. The normalized spacial score (nSPS) is 12.5. The van der Waals surface area contributed by atoms with Crippen LogP contribution in [0.2, 0.25) is 0 Å². The third-order valence-corrected chi connectivity index (χ3v) is 3.92. The van der Waals surface area contributed by atoms with E-state index in [1.165, 1.54) is 25.3 Å². The molecule has 0 unspecified atom stereocenters. The molecule has 1 heterocycles. The van der Waals surface area contributed by atoms with Crippen LogP contribution in [0.5, 0.6) is 0 Å². The first-order valence-electron chi connectivity index (χ1n) is 6.73. The van der Waals surface area contributed by atoms with Gasteiger partial charge in [-0.05, 0) is 25.5 Å². The van der Waals surface area contributed by atoms with Crippen LogP contribution >= 0.6 is 0 Å². The van der Waals surface area contributed by atoms with E-state index in [0.717, 1.165) is 0 Å². The Morgan fingerprint density at radius 3 is 2.68 bits per heavy atom. The highest BCUT2D eigenvalue weighted by Crippen LogP contribution is 2.02. The first kappa shape index (κ1) is 18.1. The van der Waals surface area contributed by atoms with E-state index >= 15 is 0 Å². The van der Waals surface area contributed by atoms with Crippen LogP contribution in [-0.4, -0.2) is 44.5 Å². The molecule has 1 amide bonds. The summed E-state index contributed by atoms with van der Waals surface area (Å²) in [5, 5.41) is 2.15. The van der Waals surface area contributed by atoms with Crippen molar-refractivity contribution in [2.24, 2.45) is 0 Å². The van der Waals surface area contributed by atoms with Gasteiger partial charge >= 0.3 is 6.09 Å². The van der Waals surface area contributed by atoms with E-state index < -0.39 is 34.5 Å². The lowest BCUT2D eigenvalue weighted by molar-refractivity contribution is -0.119. The number of nitrogens with one attached hydrogen (secondary N) is 2. The highest BCUT2D eigenvalue weighted by molar-refractivity contribution is 7.89. The number of hydrogen-bond donors (Lipinski definition) is 2. The highest BCUT2D eigenvalue weighted by Gasteiger charge is 2.20. The molecule has 0 aliphatic rings. The Kier molecular flexibility index (Phi) is 6.93. The monoisotopic (exact) mass is 329 g/mol. The number of hydrogen-bond acceptors (Lipinski definition) is 6. The van der Waals surface area contributed by atoms with E-state index in [1.54, 1.807) is 6.07 Å². The molecule has 0 saturated carbocycles. The van der Waals surface area contributed by atoms with Gasteiger partial charge in [-0.1, -0.05) is 13.0 Å². The van der Waals surface area contributed by atoms with Gasteiger partial charge in [0.05, 0.1) is 19.2 Å². The molecule has 1 atom stereocenters. The van der Waals surface area contributed by atoms with Crippen LogP contribution in [0.3, 0.4) is 0 Å². The van der Waals surface area contributed by atoms with E-state index in [0.29, 0.717) is 6.42 Å². The highest BCUT2D eigenvalue weighted by atomic mass is 32.2. The number of nitrogens with zero attached hydrogens (tertiary/aromatic N) is 1. The van der Waals surface area contributed by atoms with Crippen LogP contribution in [0.15, 0.2) is 29.4 Å². The predicted molar refractivity (Wildman–Crippen MR) is 78.7 cm³/mol. The molecule has 0 fully saturated rings. The summed E-state index contributed by atoms with van der Waals surface area (Å²) >= 11 is 0. The van der Waals surface area contributed by atoms with Crippen LogP contribution < -0.4 is 10.0 Å². The molecule has 22 heavy (non-hydrogen) atoms. The van der Waals surface area contributed by atoms with Crippen molar-refractivity contribution in [2.75, 3.05) is 13.2 Å². The average Bonchev–Trinajstić information content (AvgIpc) is 2.51. The van der Waals surface area contributed by atoms with E-state index in [2.05, 4.69) is 15.0 Å². The largest absolute Gasteiger partial charge is 0.450 e. The molecule has 0 radical (unpaired) electrons. The second-order valence-electron chi connectivity index (χ2n) is 4.46. The van der Waals surface area contributed by atoms with Crippen LogP contribution in [0.1, 0.15) is 20.3 Å². The van der Waals surface area contributed by atoms with Gasteiger partial charge < -0.3 is 10.1 Å². The van der Waals surface area contributed by atoms with Crippen LogP contribution in [0.25, 0.3) is 0 Å². The van der Waals surface area contributed by atoms with Gasteiger partial charge in [0.15, 0.2) is 10.8 Å². The van der Waals surface area contributed by atoms with Gasteiger partial charge in [-0.15, -0.1) is 0 Å². The first-order chi connectivity index (χ1) is 10.4. The lowest BCUT2D eigenvalue weighted by Gasteiger charge is -2.13. The molecule has 122 valence electrons. The van der Waals surface area contributed by atoms with Gasteiger partial charge in [0, 0.05) is 6.20 Å². The zero-order chi connectivity index (χ0) is 16.6. The molecule has 0 aliphatic heterocycles. The summed E-state index contributed by atoms with van der Waals surface area (Å²) in [6, 6.07) is 3.56. The Bertz CT molecular complexity index is 603. The van der Waals surface area contributed by atoms with Crippen molar-refractivity contribution in [1.82, 2.24) is 15.0 Å². The molecule has 9 heteroatoms. The van der Waals surface area contributed by atoms with Crippen molar-refractivity contribution in [3.05, 3.63) is 24.4 Å². The molecule has 2 N–H and O–H groups in total. The third-order valence-electron chi connectivity index (χ3n) is 2.60. The Morgan fingerprint density at radius 1 is 1.36 bits per heavy atom. The summed E-state index contributed by atoms with van der Waals surface area (Å²) in [6.07, 6.45) is 1.29. The standard InChI is InChI=1S/C13H19N3O5S/c1-3-8-21-13(18)16-10(2)11(17)9-15-22(19,20)12-6-4-5-7-14-12/h4-7,10,15H,3,8-9H2,1-2H3,(H,16,18)/t10-/m0/s1. The summed E-state index contributed by atoms with van der Waals surface area (Å²) in [7, 11) is -3.86. The second kappa shape index (κ2) is 8.44. The first-order valence-corrected chi connectivity index (χ1v) is 8.22. The summed E-state index contributed by atoms with van der Waals surface area (Å²) in [5.41, 5.74) is 0. The molecule has 0 spiro atoms. The number of pyridine rings is 1. The van der Waals surface area contributed by atoms with E-state index in [4.69, 9.17) is 4.74 Å². The molecule has 1 aromatic heterocycles. The van der Waals surface area contributed by atoms with Crippen LogP contribution in [-0.2, 0) is 19.6 Å². The van der Waals surface area contributed by atoms with Gasteiger partial charge in [-0.25, -0.2) is 22.9 Å². The van der Waals surface area contributed by atoms with Gasteiger partial charge in [-0.2, -0.15) is 0 Å². The number of ketones is 1. The van der Waals surface area contributed by atoms with Gasteiger partial charge in [0.25, 0.3) is 10.0 Å². The summed E-state index contributed by atoms with van der Waals surface area (Å²) < 4.78 is 30.7. The maximum Gasteiger partial charge on any atom is 0.407 e. The molecule has 0 aromatic carbocycles. The number of aromatic nitrogens is 1. The van der Waals surface area contributed by atoms with E-state index in [9.17, 15) is 18.0 Å². The lowest BCUT2D eigenvalue weighted by Crippen LogP contribution is -2.43. The molecule has 1 rings (SSSR count). The molecule has 1 aromatic rings. The van der Waals surface area contributed by atoms with Crippen molar-refractivity contribution in [1.29, 1.82) is 0 Å². The number of ether oxygens (including phenoxy) is 1. The Hall–Kier alpha value is -2.00. The minimum atomic E-state index is -3.86. The summed E-state index contributed by atoms with van der Waals surface area (Å²) in [4.78, 5) is 26.8. The SMILES string of the molecule is CCCOC(=O)N[C@@H](C)C(=O)CNS(=O)(=O)c1ccccn1. The Balaban J connectivity index is 2.50. The maximum absolute atomic E-state index is 11.9. The smallest absolute Gasteiger partial charge is 0.407 e. The zero-order valence-corrected chi connectivity index (χ0v) is 13.2. The quantitative estimate of drug-likeness (QED) is 0.716. The number of carbonyl (C=O) groups excluding carboxylic acids is 2. The van der Waals surface area contributed by atoms with Crippen molar-refractivity contribution >= 4 is 21.9 Å². The fourth-order valence-electron chi connectivity index (χ4n) is 1.39. The van der Waals surface area contributed by atoms with Gasteiger partial charge in [0.1, 0.15) is 0 Å². The number of rotatable bonds is 8. The van der Waals surface area contributed by atoms with Gasteiger partial charge in [0.2, 0.25) is 0 Å². The number of alkyl carbamates (subject to hydrolysis) is 1. The minimum absolute atomic E-state index is 0.175. The summed E-state index contributed by atoms with van der Waals surface area (Å²) in [6.45, 7) is 3.09. The number of carbonyl (C=O) groups is 2. The maximum atomic E-state index is 11.9. The second-order valence-corrected chi connectivity index (χ2v) is 6.17. The van der Waals surface area contributed by atoms with Crippen molar-refractivity contribution in [3.63, 3.8) is 0 Å². The van der Waals surface area contributed by atoms with E-state index in [1.807, 2.05) is 6.92 Å². The number of amides is 1. The Labute approximate surface area is 129 Å². The third kappa shape index (κ3) is 5.78. The van der Waals surface area contributed by atoms with E-state index in [-0.39, 0.29) is 11.6 Å². The predicted octanol–water partition coefficient (Wildman–Crippen LogP) is 0.454. The average molecular weight is 329 g/mol. The molecule has 0 bridgehead atoms.